The van der Waals surface area contributed by atoms with E-state index in [1.165, 1.54) is 6.08 Å². The molecule has 5 atom stereocenters. The molecule has 2 bridgehead atoms. The van der Waals surface area contributed by atoms with Crippen molar-refractivity contribution in [2.75, 3.05) is 26.8 Å². The highest BCUT2D eigenvalue weighted by Gasteiger charge is 2.44. The number of nitrogens with zero attached hydrogens (tertiary/aromatic N) is 2. The van der Waals surface area contributed by atoms with Crippen LogP contribution in [0.5, 0.6) is 11.5 Å². The van der Waals surface area contributed by atoms with Gasteiger partial charge in [-0.3, -0.25) is 4.90 Å². The largest absolute Gasteiger partial charge is 0.823 e. The Morgan fingerprint density at radius 3 is 2.53 bits per heavy atom. The molecular weight excluding hydrogens is 540 g/mol. The topological polar surface area (TPSA) is 74.9 Å². The number of aromatic nitrogens is 1. The normalized spacial score (nSPS) is 22.1. The van der Waals surface area contributed by atoms with Gasteiger partial charge < -0.3 is 19.3 Å². The van der Waals surface area contributed by atoms with Gasteiger partial charge in [-0.25, -0.2) is 4.79 Å². The molecule has 7 heteroatoms. The molecule has 0 N–H and O–H groups in total. The second-order valence-electron chi connectivity index (χ2n) is 11.1. The van der Waals surface area contributed by atoms with E-state index in [4.69, 9.17) is 14.2 Å². The number of pyridine rings is 1. The first-order valence-electron chi connectivity index (χ1n) is 14.8. The predicted molar refractivity (Wildman–Crippen MR) is 163 cm³/mol. The lowest BCUT2D eigenvalue weighted by atomic mass is 9.73. The number of carbonyl (C=O) groups excluding carboxylic acids is 1. The zero-order valence-electron chi connectivity index (χ0n) is 24.3. The number of fused-ring (bicyclic) bond motifs is 4. The van der Waals surface area contributed by atoms with Gasteiger partial charge in [-0.05, 0) is 67.6 Å². The number of carbonyl (C=O) groups is 1. The number of ether oxygens (including phenoxy) is 3. The monoisotopic (exact) mass is 576 g/mol. The molecule has 220 valence electrons. The highest BCUT2D eigenvalue weighted by Crippen LogP contribution is 2.44. The number of esters is 1. The minimum Gasteiger partial charge on any atom is -0.823 e. The van der Waals surface area contributed by atoms with Crippen LogP contribution in [0.4, 0.5) is 0 Å². The SMILES string of the molecule is C=C[C@H]1CN2CC[C@H]1C[C@H]2[C@H](OC(=O)c1ccccc1)c1cc[n+](/C([O-])=C/COc2ccccc2)c2ccc(OC)cc12. The van der Waals surface area contributed by atoms with Crippen LogP contribution < -0.4 is 19.1 Å². The van der Waals surface area contributed by atoms with Crippen molar-refractivity contribution in [2.24, 2.45) is 11.8 Å². The molecule has 1 unspecified atom stereocenters. The molecule has 0 saturated carbocycles. The average Bonchev–Trinajstić information content (AvgIpc) is 3.07. The van der Waals surface area contributed by atoms with Crippen molar-refractivity contribution in [3.8, 4) is 11.5 Å². The van der Waals surface area contributed by atoms with Gasteiger partial charge in [0.25, 0.3) is 0 Å². The summed E-state index contributed by atoms with van der Waals surface area (Å²) in [5.74, 6) is 1.67. The number of rotatable bonds is 10. The molecule has 3 aliphatic rings. The van der Waals surface area contributed by atoms with Crippen molar-refractivity contribution in [3.05, 3.63) is 121 Å². The third kappa shape index (κ3) is 5.99. The van der Waals surface area contributed by atoms with Crippen LogP contribution in [-0.2, 0) is 4.74 Å². The maximum atomic E-state index is 13.5. The van der Waals surface area contributed by atoms with E-state index in [9.17, 15) is 9.90 Å². The summed E-state index contributed by atoms with van der Waals surface area (Å²) in [6.45, 7) is 6.04. The lowest BCUT2D eigenvalue weighted by Gasteiger charge is -2.51. The average molecular weight is 577 g/mol. The Morgan fingerprint density at radius 2 is 1.84 bits per heavy atom. The number of piperidine rings is 3. The van der Waals surface area contributed by atoms with E-state index >= 15 is 0 Å². The van der Waals surface area contributed by atoms with E-state index in [0.717, 1.165) is 36.9 Å². The molecule has 3 fully saturated rings. The Bertz CT molecular complexity index is 1620. The summed E-state index contributed by atoms with van der Waals surface area (Å²) in [6.07, 6.45) is 6.79. The van der Waals surface area contributed by atoms with Crippen molar-refractivity contribution in [1.29, 1.82) is 0 Å². The summed E-state index contributed by atoms with van der Waals surface area (Å²) < 4.78 is 19.3. The van der Waals surface area contributed by atoms with Gasteiger partial charge >= 0.3 is 5.97 Å². The standard InChI is InChI=1S/C36H36N2O5/c1-3-25-24-37-19-16-27(25)22-33(37)35(43-36(40)26-10-6-4-7-11-26)30-17-20-38(32-15-14-29(41-2)23-31(30)32)34(39)18-21-42-28-12-8-5-9-13-28/h3-15,17-18,20,23,25,27,33,35H,1,16,19,21-22,24H2,2H3/b34-18-/t25-,27-,33-,35+/m0/s1. The fourth-order valence-corrected chi connectivity index (χ4v) is 6.47. The third-order valence-corrected chi connectivity index (χ3v) is 8.72. The summed E-state index contributed by atoms with van der Waals surface area (Å²) >= 11 is 0. The first-order valence-corrected chi connectivity index (χ1v) is 14.8. The van der Waals surface area contributed by atoms with E-state index in [-0.39, 0.29) is 24.5 Å². The summed E-state index contributed by atoms with van der Waals surface area (Å²) in [6, 6.07) is 26.0. The van der Waals surface area contributed by atoms with Gasteiger partial charge in [-0.2, -0.15) is 4.57 Å². The number of hydrogen-bond acceptors (Lipinski definition) is 6. The van der Waals surface area contributed by atoms with Crippen LogP contribution in [-0.4, -0.2) is 43.7 Å². The van der Waals surface area contributed by atoms with E-state index in [0.29, 0.717) is 34.4 Å². The molecule has 0 radical (unpaired) electrons. The van der Waals surface area contributed by atoms with Crippen LogP contribution in [0.2, 0.25) is 0 Å². The summed E-state index contributed by atoms with van der Waals surface area (Å²) in [5.41, 5.74) is 2.04. The molecule has 4 heterocycles. The molecule has 43 heavy (non-hydrogen) atoms. The van der Waals surface area contributed by atoms with E-state index in [2.05, 4.69) is 17.6 Å². The summed E-state index contributed by atoms with van der Waals surface area (Å²) in [5, 5.41) is 14.2. The zero-order chi connectivity index (χ0) is 29.8. The maximum absolute atomic E-state index is 13.5. The fraction of sp³-hybridized carbons (Fsp3) is 0.278. The van der Waals surface area contributed by atoms with Crippen LogP contribution in [0.1, 0.15) is 34.9 Å². The number of hydrogen-bond donors (Lipinski definition) is 0. The smallest absolute Gasteiger partial charge is 0.338 e. The van der Waals surface area contributed by atoms with Crippen LogP contribution >= 0.6 is 0 Å². The first kappa shape index (κ1) is 28.5. The molecule has 7 rings (SSSR count). The van der Waals surface area contributed by atoms with E-state index in [1.54, 1.807) is 30.0 Å². The van der Waals surface area contributed by atoms with Crippen LogP contribution in [0, 0.1) is 11.8 Å². The molecular formula is C36H36N2O5. The highest BCUT2D eigenvalue weighted by molar-refractivity contribution is 5.90. The second-order valence-corrected chi connectivity index (χ2v) is 11.1. The quantitative estimate of drug-likeness (QED) is 0.112. The molecule has 4 aromatic rings. The maximum Gasteiger partial charge on any atom is 0.338 e. The molecule has 3 aliphatic heterocycles. The number of benzene rings is 3. The highest BCUT2D eigenvalue weighted by atomic mass is 16.5. The minimum atomic E-state index is -0.550. The van der Waals surface area contributed by atoms with Gasteiger partial charge in [-0.15, -0.1) is 6.58 Å². The lowest BCUT2D eigenvalue weighted by Crippen LogP contribution is -2.55. The van der Waals surface area contributed by atoms with E-state index in [1.807, 2.05) is 72.8 Å². The van der Waals surface area contributed by atoms with Gasteiger partial charge in [0, 0.05) is 30.3 Å². The number of methoxy groups -OCH3 is 1. The minimum absolute atomic E-state index is 0.00519. The summed E-state index contributed by atoms with van der Waals surface area (Å²) in [7, 11) is 1.62. The molecule has 0 spiro atoms. The molecule has 0 aliphatic carbocycles. The van der Waals surface area contributed by atoms with Crippen LogP contribution in [0.15, 0.2) is 110 Å². The van der Waals surface area contributed by atoms with Gasteiger partial charge in [0.05, 0.1) is 24.1 Å². The van der Waals surface area contributed by atoms with E-state index < -0.39 is 6.10 Å². The summed E-state index contributed by atoms with van der Waals surface area (Å²) in [4.78, 5) is 15.9. The predicted octanol–water partition coefficient (Wildman–Crippen LogP) is 5.17. The van der Waals surface area contributed by atoms with Crippen molar-refractivity contribution < 1.29 is 28.7 Å². The van der Waals surface area contributed by atoms with Crippen LogP contribution in [0.3, 0.4) is 0 Å². The zero-order valence-corrected chi connectivity index (χ0v) is 24.3. The first-order chi connectivity index (χ1) is 21.1. The Kier molecular flexibility index (Phi) is 8.43. The van der Waals surface area contributed by atoms with Crippen molar-refractivity contribution in [2.45, 2.75) is 25.0 Å². The molecule has 7 nitrogen and oxygen atoms in total. The van der Waals surface area contributed by atoms with Crippen molar-refractivity contribution in [1.82, 2.24) is 4.90 Å². The van der Waals surface area contributed by atoms with Gasteiger partial charge in [0.1, 0.15) is 24.2 Å². The number of para-hydroxylation sites is 1. The van der Waals surface area contributed by atoms with Crippen molar-refractivity contribution in [3.63, 3.8) is 0 Å². The van der Waals surface area contributed by atoms with Crippen molar-refractivity contribution >= 4 is 22.8 Å². The Labute approximate surface area is 252 Å². The van der Waals surface area contributed by atoms with Gasteiger partial charge in [0.15, 0.2) is 12.1 Å². The molecule has 1 aromatic heterocycles. The van der Waals surface area contributed by atoms with Crippen LogP contribution in [0.25, 0.3) is 16.8 Å². The van der Waals surface area contributed by atoms with Gasteiger partial charge in [-0.1, -0.05) is 42.5 Å². The Hall–Kier alpha value is -4.62. The third-order valence-electron chi connectivity index (χ3n) is 8.72. The molecule has 0 amide bonds. The molecule has 3 aromatic carbocycles. The molecule has 3 saturated heterocycles. The Morgan fingerprint density at radius 1 is 1.07 bits per heavy atom. The Balaban J connectivity index is 1.40. The second kappa shape index (κ2) is 12.7. The lowest BCUT2D eigenvalue weighted by molar-refractivity contribution is -0.629. The van der Waals surface area contributed by atoms with Gasteiger partial charge in [0.2, 0.25) is 5.52 Å². The fourth-order valence-electron chi connectivity index (χ4n) is 6.47.